The topological polar surface area (TPSA) is 160 Å². The number of nitrogens with zero attached hydrogens (tertiary/aromatic N) is 7. The number of pyridine rings is 1. The summed E-state index contributed by atoms with van der Waals surface area (Å²) in [6.45, 7) is 3.21. The van der Waals surface area contributed by atoms with Crippen LogP contribution in [0.5, 0.6) is 0 Å². The van der Waals surface area contributed by atoms with Gasteiger partial charge >= 0.3 is 6.18 Å². The molecule has 2 aliphatic carbocycles. The van der Waals surface area contributed by atoms with Crippen molar-refractivity contribution in [2.24, 2.45) is 5.41 Å². The van der Waals surface area contributed by atoms with Gasteiger partial charge in [0.15, 0.2) is 5.65 Å². The Hall–Kier alpha value is -5.38. The minimum absolute atomic E-state index is 0.0962. The molecule has 13 nitrogen and oxygen atoms in total. The second-order valence-corrected chi connectivity index (χ2v) is 16.4. The Labute approximate surface area is 326 Å². The average Bonchev–Trinajstić information content (AvgIpc) is 4.02. The average molecular weight is 784 g/mol. The quantitative estimate of drug-likeness (QED) is 0.195. The number of halogens is 3. The number of piperidine rings is 1. The number of aliphatic hydroxyl groups is 1. The van der Waals surface area contributed by atoms with E-state index in [-0.39, 0.29) is 37.3 Å². The van der Waals surface area contributed by atoms with Crippen LogP contribution in [0.25, 0.3) is 27.7 Å². The summed E-state index contributed by atoms with van der Waals surface area (Å²) in [5.41, 5.74) is 4.19. The Balaban J connectivity index is 1.09. The molecule has 1 saturated heterocycles. The molecule has 2 bridgehead atoms. The number of nitrogens with one attached hydrogen (secondary N) is 2. The summed E-state index contributed by atoms with van der Waals surface area (Å²) in [6.07, 6.45) is 5.38. The third-order valence-electron chi connectivity index (χ3n) is 12.2. The number of aliphatic hydroxyl groups excluding tert-OH is 1. The van der Waals surface area contributed by atoms with Gasteiger partial charge in [-0.1, -0.05) is 18.9 Å². The summed E-state index contributed by atoms with van der Waals surface area (Å²) in [6, 6.07) is 6.76. The molecule has 1 aromatic carbocycles. The molecule has 4 atom stereocenters. The van der Waals surface area contributed by atoms with E-state index < -0.39 is 41.2 Å². The number of rotatable bonds is 5. The van der Waals surface area contributed by atoms with Gasteiger partial charge in [-0.3, -0.25) is 19.1 Å². The summed E-state index contributed by atoms with van der Waals surface area (Å²) >= 11 is 0. The van der Waals surface area contributed by atoms with Crippen molar-refractivity contribution < 1.29 is 32.7 Å². The highest BCUT2D eigenvalue weighted by atomic mass is 19.4. The number of hydrogen-bond acceptors (Lipinski definition) is 8. The van der Waals surface area contributed by atoms with Crippen LogP contribution in [-0.4, -0.2) is 75.7 Å². The van der Waals surface area contributed by atoms with E-state index in [4.69, 9.17) is 15.2 Å². The minimum Gasteiger partial charge on any atom is -0.387 e. The fourth-order valence-electron chi connectivity index (χ4n) is 8.84. The van der Waals surface area contributed by atoms with Gasteiger partial charge in [-0.2, -0.15) is 23.4 Å². The molecule has 4 aromatic heterocycles. The number of carbonyl (C=O) groups excluding carboxylic acids is 3. The zero-order chi connectivity index (χ0) is 39.8. The van der Waals surface area contributed by atoms with Crippen molar-refractivity contribution in [2.45, 2.75) is 115 Å². The summed E-state index contributed by atoms with van der Waals surface area (Å²) in [5, 5.41) is 27.0. The molecule has 0 radical (unpaired) electrons. The number of benzene rings is 1. The molecule has 16 heteroatoms. The molecule has 1 unspecified atom stereocenters. The van der Waals surface area contributed by atoms with E-state index in [0.29, 0.717) is 53.8 Å². The standard InChI is InChI=1S/C41H44F3N9O4/c1-22-9-12-31(41(42,43)44)47-38(22)48-39(57)30-16-40-17-32(40)53(30)35(56)20-52-37-25(7-5-3-4-6-8-34(55)46-21-40)13-26(14-28(37)36(50-52)23(2)54)27-18-45-33-15-29(24-10-11-24)49-51(33)19-27/h9,12-15,18-19,23-24,30,32,54H,3-8,10-11,16-17,20-21H2,1-2H3,(H,46,55)(H,47,48,57)/t23?,30-,32+,40-/m0/s1. The first-order chi connectivity index (χ1) is 27.3. The van der Waals surface area contributed by atoms with Crippen molar-refractivity contribution in [3.05, 3.63) is 70.9 Å². The number of amides is 3. The first-order valence-electron chi connectivity index (χ1n) is 19.8. The van der Waals surface area contributed by atoms with E-state index in [1.54, 1.807) is 23.0 Å². The fourth-order valence-corrected chi connectivity index (χ4v) is 8.84. The zero-order valence-corrected chi connectivity index (χ0v) is 31.8. The van der Waals surface area contributed by atoms with Crippen molar-refractivity contribution in [1.29, 1.82) is 0 Å². The second kappa shape index (κ2) is 13.9. The molecule has 6 heterocycles. The molecule has 3 amide bonds. The van der Waals surface area contributed by atoms with E-state index in [1.807, 2.05) is 24.5 Å². The summed E-state index contributed by atoms with van der Waals surface area (Å²) < 4.78 is 44.1. The lowest BCUT2D eigenvalue weighted by Gasteiger charge is -2.27. The van der Waals surface area contributed by atoms with Crippen molar-refractivity contribution in [1.82, 2.24) is 39.6 Å². The number of hydrogen-bond donors (Lipinski definition) is 3. The maximum atomic E-state index is 14.6. The maximum absolute atomic E-state index is 14.6. The van der Waals surface area contributed by atoms with Crippen LogP contribution in [0.3, 0.4) is 0 Å². The molecule has 2 aliphatic heterocycles. The van der Waals surface area contributed by atoms with Crippen LogP contribution in [0.1, 0.15) is 105 Å². The van der Waals surface area contributed by atoms with Crippen LogP contribution in [-0.2, 0) is 33.5 Å². The van der Waals surface area contributed by atoms with Crippen LogP contribution in [0, 0.1) is 12.3 Å². The molecular weight excluding hydrogens is 740 g/mol. The molecule has 57 heavy (non-hydrogen) atoms. The van der Waals surface area contributed by atoms with E-state index in [2.05, 4.69) is 21.7 Å². The number of anilines is 1. The zero-order valence-electron chi connectivity index (χ0n) is 31.8. The highest BCUT2D eigenvalue weighted by Crippen LogP contribution is 2.59. The van der Waals surface area contributed by atoms with E-state index in [9.17, 15) is 32.7 Å². The second-order valence-electron chi connectivity index (χ2n) is 16.4. The predicted octanol–water partition coefficient (Wildman–Crippen LogP) is 6.02. The minimum atomic E-state index is -4.71. The van der Waals surface area contributed by atoms with Gasteiger partial charge in [-0.25, -0.2) is 14.5 Å². The largest absolute Gasteiger partial charge is 0.433 e. The smallest absolute Gasteiger partial charge is 0.387 e. The molecule has 5 aromatic rings. The fraction of sp³-hybridized carbons (Fsp3) is 0.488. The monoisotopic (exact) mass is 783 g/mol. The lowest BCUT2D eigenvalue weighted by Crippen LogP contribution is -2.47. The highest BCUT2D eigenvalue weighted by molar-refractivity contribution is 5.98. The Morgan fingerprint density at radius 2 is 1.82 bits per heavy atom. The van der Waals surface area contributed by atoms with E-state index >= 15 is 0 Å². The normalized spacial score (nSPS) is 23.6. The van der Waals surface area contributed by atoms with Gasteiger partial charge in [0.1, 0.15) is 24.1 Å². The van der Waals surface area contributed by atoms with Crippen molar-refractivity contribution >= 4 is 40.1 Å². The first-order valence-corrected chi connectivity index (χ1v) is 19.8. The lowest BCUT2D eigenvalue weighted by molar-refractivity contribution is -0.141. The Kier molecular flexibility index (Phi) is 9.09. The summed E-state index contributed by atoms with van der Waals surface area (Å²) in [4.78, 5) is 51.5. The van der Waals surface area contributed by atoms with Crippen LogP contribution in [0.2, 0.25) is 0 Å². The lowest BCUT2D eigenvalue weighted by atomic mass is 9.96. The van der Waals surface area contributed by atoms with Gasteiger partial charge < -0.3 is 20.6 Å². The summed E-state index contributed by atoms with van der Waals surface area (Å²) in [5.74, 6) is -0.907. The third-order valence-corrected chi connectivity index (χ3v) is 12.2. The maximum Gasteiger partial charge on any atom is 0.433 e. The van der Waals surface area contributed by atoms with Gasteiger partial charge in [0, 0.05) is 59.8 Å². The van der Waals surface area contributed by atoms with Crippen LogP contribution < -0.4 is 10.6 Å². The SMILES string of the molecule is Cc1ccc(C(F)(F)F)nc1NC(=O)[C@@H]1C[C@]23CNC(=O)CCCCCCc4cc(-c5cnc6cc(C7CC7)nn6c5)cc5c(C(C)O)nn(c45)CC(=O)N1[C@@H]2C3. The number of carbonyl (C=O) groups is 3. The van der Waals surface area contributed by atoms with Crippen molar-refractivity contribution in [3.8, 4) is 11.1 Å². The van der Waals surface area contributed by atoms with Gasteiger partial charge in [0.25, 0.3) is 0 Å². The molecule has 2 saturated carbocycles. The number of fused-ring (bicyclic) bond motifs is 1. The molecule has 3 fully saturated rings. The van der Waals surface area contributed by atoms with Gasteiger partial charge in [0.2, 0.25) is 17.7 Å². The van der Waals surface area contributed by atoms with Crippen molar-refractivity contribution in [3.63, 3.8) is 0 Å². The first kappa shape index (κ1) is 37.2. The number of aryl methyl sites for hydroxylation is 2. The molecule has 0 spiro atoms. The number of alkyl halides is 3. The predicted molar refractivity (Wildman–Crippen MR) is 203 cm³/mol. The van der Waals surface area contributed by atoms with Crippen molar-refractivity contribution in [2.75, 3.05) is 11.9 Å². The molecule has 9 rings (SSSR count). The molecule has 298 valence electrons. The van der Waals surface area contributed by atoms with Crippen LogP contribution in [0.4, 0.5) is 19.0 Å². The van der Waals surface area contributed by atoms with E-state index in [1.165, 1.54) is 11.0 Å². The third kappa shape index (κ3) is 7.01. The Bertz CT molecular complexity index is 2440. The van der Waals surface area contributed by atoms with E-state index in [0.717, 1.165) is 66.2 Å². The molecule has 4 aliphatic rings. The van der Waals surface area contributed by atoms with Gasteiger partial charge in [0.05, 0.1) is 23.0 Å². The van der Waals surface area contributed by atoms with Crippen LogP contribution >= 0.6 is 0 Å². The Morgan fingerprint density at radius 3 is 2.58 bits per heavy atom. The Morgan fingerprint density at radius 1 is 1.04 bits per heavy atom. The van der Waals surface area contributed by atoms with Crippen LogP contribution in [0.15, 0.2) is 42.7 Å². The highest BCUT2D eigenvalue weighted by Gasteiger charge is 2.67. The number of aromatic nitrogens is 6. The summed E-state index contributed by atoms with van der Waals surface area (Å²) in [7, 11) is 0. The molecular formula is C41H44F3N9O4. The van der Waals surface area contributed by atoms with Gasteiger partial charge in [-0.05, 0) is 93.7 Å². The van der Waals surface area contributed by atoms with Gasteiger partial charge in [-0.15, -0.1) is 0 Å². The molecule has 3 N–H and O–H groups in total.